The molecule has 4 heteroatoms. The zero-order chi connectivity index (χ0) is 7.82. The van der Waals surface area contributed by atoms with Crippen molar-refractivity contribution in [3.63, 3.8) is 0 Å². The van der Waals surface area contributed by atoms with E-state index in [9.17, 15) is 0 Å². The Morgan fingerprint density at radius 1 is 1.00 bits per heavy atom. The maximum Gasteiger partial charge on any atom is 2.00 e. The predicted octanol–water partition coefficient (Wildman–Crippen LogP) is 0.405. The molecular weight excluding hydrogens is 264 g/mol. The Labute approximate surface area is 112 Å². The van der Waals surface area contributed by atoms with Gasteiger partial charge in [0.2, 0.25) is 0 Å². The third-order valence-corrected chi connectivity index (χ3v) is 3.40. The molecule has 0 nitrogen and oxygen atoms in total. The van der Waals surface area contributed by atoms with Gasteiger partial charge in [0.25, 0.3) is 0 Å². The molecule has 0 saturated heterocycles. The van der Waals surface area contributed by atoms with Crippen molar-refractivity contribution in [2.24, 2.45) is 0 Å². The maximum absolute atomic E-state index is 2.24. The molecule has 0 aliphatic carbocycles. The fourth-order valence-electron chi connectivity index (χ4n) is 0.712. The molecule has 0 unspecified atom stereocenters. The van der Waals surface area contributed by atoms with Gasteiger partial charge in [0, 0.05) is 0 Å². The zero-order valence-electron chi connectivity index (χ0n) is 8.23. The molecule has 0 rings (SSSR count). The molecule has 0 aromatic carbocycles. The van der Waals surface area contributed by atoms with Crippen LogP contribution in [0.4, 0.5) is 0 Å². The van der Waals surface area contributed by atoms with Crippen molar-refractivity contribution in [2.45, 2.75) is 33.6 Å². The minimum atomic E-state index is 0. The van der Waals surface area contributed by atoms with Crippen molar-refractivity contribution in [1.29, 1.82) is 0 Å². The van der Waals surface area contributed by atoms with E-state index >= 15 is 0 Å². The van der Waals surface area contributed by atoms with Crippen molar-refractivity contribution in [2.75, 3.05) is 11.5 Å². The molecule has 0 saturated carbocycles. The van der Waals surface area contributed by atoms with Gasteiger partial charge in [0.1, 0.15) is 0 Å². The second kappa shape index (κ2) is 15.4. The molecule has 0 spiro atoms. The van der Waals surface area contributed by atoms with E-state index in [0.29, 0.717) is 0 Å². The molecule has 0 fully saturated rings. The van der Waals surface area contributed by atoms with Crippen molar-refractivity contribution in [3.8, 4) is 0 Å². The van der Waals surface area contributed by atoms with Crippen LogP contribution in [0.25, 0.3) is 0 Å². The summed E-state index contributed by atoms with van der Waals surface area (Å²) in [6.45, 7) is 6.68. The molecule has 0 amide bonds. The smallest absolute Gasteiger partial charge is 1.00 e. The summed E-state index contributed by atoms with van der Waals surface area (Å²) in [6, 6.07) is 0. The molecule has 0 N–H and O–H groups in total. The Morgan fingerprint density at radius 3 is 1.67 bits per heavy atom. The van der Waals surface area contributed by atoms with Gasteiger partial charge in [-0.25, -0.2) is 4.58 Å². The van der Waals surface area contributed by atoms with Crippen LogP contribution in [0.2, 0.25) is 0 Å². The van der Waals surface area contributed by atoms with E-state index in [2.05, 4.69) is 20.8 Å². The van der Waals surface area contributed by atoms with Crippen LogP contribution in [0.15, 0.2) is 0 Å². The summed E-state index contributed by atoms with van der Waals surface area (Å²) in [5, 5.41) is 0. The first-order chi connectivity index (χ1) is 4.85. The van der Waals surface area contributed by atoms with Crippen molar-refractivity contribution in [3.05, 3.63) is 4.58 Å². The third kappa shape index (κ3) is 11.9. The summed E-state index contributed by atoms with van der Waals surface area (Å²) in [5.74, 6) is 2.45. The van der Waals surface area contributed by atoms with Gasteiger partial charge in [-0.15, -0.1) is 0 Å². The molecule has 0 bridgehead atoms. The second-order valence-electron chi connectivity index (χ2n) is 1.99. The van der Waals surface area contributed by atoms with E-state index < -0.39 is 0 Å². The fraction of sp³-hybridized carbons (Fsp3) is 0.875. The number of hydrogen-bond donors (Lipinski definition) is 0. The number of rotatable bonds is 6. The average molecular weight is 282 g/mol. The average Bonchev–Trinajstić information content (AvgIpc) is 1.90. The van der Waals surface area contributed by atoms with Gasteiger partial charge >= 0.3 is 23.1 Å². The van der Waals surface area contributed by atoms with Gasteiger partial charge in [-0.1, -0.05) is 27.2 Å². The van der Waals surface area contributed by atoms with Crippen molar-refractivity contribution in [1.82, 2.24) is 0 Å². The first-order valence-electron chi connectivity index (χ1n) is 3.96. The predicted molar refractivity (Wildman–Crippen MR) is 60.2 cm³/mol. The monoisotopic (exact) mass is 280 g/mol. The third-order valence-electron chi connectivity index (χ3n) is 1.06. The first-order valence-corrected chi connectivity index (χ1v) is 5.93. The van der Waals surface area contributed by atoms with E-state index in [1.165, 1.54) is 24.3 Å². The minimum Gasteiger partial charge on any atom is -1.00 e. The Hall–Kier alpha value is 1.95. The van der Waals surface area contributed by atoms with Crippen LogP contribution in [0.1, 0.15) is 33.6 Å². The van der Waals surface area contributed by atoms with E-state index in [1.54, 1.807) is 4.58 Å². The number of hydrogen-bond acceptors (Lipinski definition) is 2. The van der Waals surface area contributed by atoms with Gasteiger partial charge in [-0.2, -0.15) is 6.42 Å². The summed E-state index contributed by atoms with van der Waals surface area (Å²) in [5.41, 5.74) is 0. The number of thioether (sulfide) groups is 2. The molecule has 70 valence electrons. The summed E-state index contributed by atoms with van der Waals surface area (Å²) in [4.78, 5) is 0. The van der Waals surface area contributed by atoms with Gasteiger partial charge < -0.3 is 40.5 Å². The zero-order valence-corrected chi connectivity index (χ0v) is 12.9. The summed E-state index contributed by atoms with van der Waals surface area (Å²) in [6.07, 6.45) is 2.58. The van der Waals surface area contributed by atoms with E-state index in [-0.39, 0.29) is 40.0 Å². The molecule has 0 aliphatic rings. The fourth-order valence-corrected chi connectivity index (χ4v) is 3.09. The van der Waals surface area contributed by atoms with Gasteiger partial charge in [0.05, 0.1) is 0 Å². The van der Waals surface area contributed by atoms with Crippen molar-refractivity contribution < 1.29 is 17.0 Å². The summed E-state index contributed by atoms with van der Waals surface area (Å²) < 4.78 is 1.62. The molecule has 0 heterocycles. The summed E-state index contributed by atoms with van der Waals surface area (Å²) in [7, 11) is 0. The van der Waals surface area contributed by atoms with Gasteiger partial charge in [-0.05, 0) is 11.5 Å². The molecular formula is C8H17BrMgS2. The Balaban J connectivity index is -0.000000405. The van der Waals surface area contributed by atoms with E-state index in [4.69, 9.17) is 0 Å². The van der Waals surface area contributed by atoms with Crippen LogP contribution < -0.4 is 17.0 Å². The van der Waals surface area contributed by atoms with Crippen LogP contribution >= 0.6 is 23.5 Å². The second-order valence-corrected chi connectivity index (χ2v) is 4.96. The van der Waals surface area contributed by atoms with E-state index in [0.717, 1.165) is 0 Å². The van der Waals surface area contributed by atoms with Gasteiger partial charge in [0.15, 0.2) is 0 Å². The molecule has 0 atom stereocenters. The van der Waals surface area contributed by atoms with Crippen molar-refractivity contribution >= 4 is 46.6 Å². The van der Waals surface area contributed by atoms with E-state index in [1.807, 2.05) is 23.5 Å². The first kappa shape index (κ1) is 19.5. The SMILES string of the molecule is CCC[C-](SCC)SCC.[Br-].[Mg+2]. The molecule has 0 aliphatic heterocycles. The Bertz CT molecular complexity index is 59.8. The standard InChI is InChI=1S/C8H17S2.BrH.Mg/c1-4-7-8(9-5-2)10-6-3;;/h4-7H2,1-3H3;1H;/q-1;;+2/p-1. The quantitative estimate of drug-likeness (QED) is 0.511. The van der Waals surface area contributed by atoms with Crippen LogP contribution in [-0.2, 0) is 0 Å². The molecule has 0 aromatic rings. The largest absolute Gasteiger partial charge is 2.00 e. The maximum atomic E-state index is 2.24. The Morgan fingerprint density at radius 2 is 1.42 bits per heavy atom. The van der Waals surface area contributed by atoms with Crippen LogP contribution in [0.5, 0.6) is 0 Å². The molecule has 0 radical (unpaired) electrons. The molecule has 0 aromatic heterocycles. The normalized spacial score (nSPS) is 9.00. The van der Waals surface area contributed by atoms with Crippen LogP contribution in [0, 0.1) is 4.58 Å². The van der Waals surface area contributed by atoms with Crippen LogP contribution in [-0.4, -0.2) is 34.6 Å². The summed E-state index contributed by atoms with van der Waals surface area (Å²) >= 11 is 4.01. The van der Waals surface area contributed by atoms with Gasteiger partial charge in [-0.3, -0.25) is 0 Å². The topological polar surface area (TPSA) is 0 Å². The number of halogens is 1. The van der Waals surface area contributed by atoms with Crippen LogP contribution in [0.3, 0.4) is 0 Å². The molecule has 12 heavy (non-hydrogen) atoms. The Kier molecular flexibility index (Phi) is 25.1. The minimum absolute atomic E-state index is 0.